The molecule has 135 heavy (non-hydrogen) atoms. The second kappa shape index (κ2) is 47.2. The lowest BCUT2D eigenvalue weighted by atomic mass is 9.43. The third kappa shape index (κ3) is 31.0. The molecule has 4 heterocycles. The second-order valence-electron chi connectivity index (χ2n) is 65.1. The lowest BCUT2D eigenvalue weighted by Crippen LogP contribution is -2.52. The summed E-state index contributed by atoms with van der Waals surface area (Å²) >= 11 is 0. The maximum atomic E-state index is 5.95. The van der Waals surface area contributed by atoms with Gasteiger partial charge < -0.3 is 14.8 Å². The number of piperidine rings is 1. The summed E-state index contributed by atoms with van der Waals surface area (Å²) in [6.45, 7) is 82.0. The highest BCUT2D eigenvalue weighted by atomic mass is 16.5. The fourth-order valence-corrected chi connectivity index (χ4v) is 37.9. The number of hydrogen-bond donors (Lipinski definition) is 1. The zero-order valence-electron chi connectivity index (χ0n) is 97.7. The molecule has 5 atom stereocenters. The summed E-state index contributed by atoms with van der Waals surface area (Å²) in [6, 6.07) is 0. The maximum Gasteiger partial charge on any atom is 0.0584 e. The molecular formula is C132H243NO2. The van der Waals surface area contributed by atoms with Gasteiger partial charge in [0.15, 0.2) is 0 Å². The predicted octanol–water partition coefficient (Wildman–Crippen LogP) is 40.4. The topological polar surface area (TPSA) is 30.5 Å². The van der Waals surface area contributed by atoms with Gasteiger partial charge in [-0.05, 0) is 488 Å². The molecule has 22 aliphatic carbocycles. The van der Waals surface area contributed by atoms with Crippen LogP contribution in [-0.2, 0) is 9.47 Å². The standard InChI is InChI=1S/2C14H24.C13H24.C12H20O.C12H22O.2C12H22.C12H24.C11H20.C11H22.C9H19N/c1-13(2,3)14-7-10-4-11(8-14)6-12(5-10)9-14;1-14(2,3)13-11-5-9-4-10(7-11)8-12(13)6-9;1-13(2,3)12-10-6-4-7-11(12)9-5-8-10;1-7(2)12-8-3-10-5-9(12)6-11(4-8)13-10;1-12(2,3)11-9-5-4-6-10(11)8-13-7-9;1-11(2,3)12-7-4-10(5-8-12)6-9-12;1-12(2,3)11-6-4-9-8-10(9)5-7-11;1-12(2,3)11-9-7-5-4-6-8-10-11;1-10(2,3)11-6-4-9(8-11)5-7-11;1-11(2,3)10-8-6-4-5-7-9-10;1-9(2,3)8-5-4-6-10-7-8/h10-12H,4-9H2,1-3H3;9-13H,4-8H2,1-3H3;10-12H,4-9H2,1-3H3;7-12H,3-6H2,1-2H3;9-11H,4-8H2,1-3H3;10H,4-9H2,1-3H3;9-11H,4-8H2,1-3H3;11H,4-10H2,1-3H3;9H,4-8H2,1-3H3;10H,4-9H2,1-3H3;8,10H,4-7H2,1-3H3. The Kier molecular flexibility index (Phi) is 39.7. The van der Waals surface area contributed by atoms with Crippen LogP contribution >= 0.6 is 0 Å². The predicted molar refractivity (Wildman–Crippen MR) is 590 cm³/mol. The van der Waals surface area contributed by atoms with Crippen LogP contribution in [0, 0.1) is 224 Å². The van der Waals surface area contributed by atoms with E-state index in [0.29, 0.717) is 66.4 Å². The highest BCUT2D eigenvalue weighted by molar-refractivity contribution is 5.08. The van der Waals surface area contributed by atoms with Crippen molar-refractivity contribution in [2.24, 2.45) is 224 Å². The molecule has 26 rings (SSSR count). The average molecular weight is 1880 g/mol. The minimum Gasteiger partial charge on any atom is -0.381 e. The maximum absolute atomic E-state index is 5.95. The Bertz CT molecular complexity index is 3160. The summed E-state index contributed by atoms with van der Waals surface area (Å²) < 4.78 is 11.6. The summed E-state index contributed by atoms with van der Waals surface area (Å²) in [5.41, 5.74) is 7.70. The molecule has 0 amide bonds. The van der Waals surface area contributed by atoms with Gasteiger partial charge in [-0.3, -0.25) is 0 Å². The zero-order valence-corrected chi connectivity index (χ0v) is 97.7. The number of ether oxygens (including phenoxy) is 2. The first-order chi connectivity index (χ1) is 62.9. The largest absolute Gasteiger partial charge is 0.381 e. The molecule has 0 aromatic carbocycles. The molecule has 788 valence electrons. The van der Waals surface area contributed by atoms with E-state index in [9.17, 15) is 0 Å². The molecule has 0 spiro atoms. The van der Waals surface area contributed by atoms with Gasteiger partial charge in [0.2, 0.25) is 0 Å². The molecule has 4 aliphatic heterocycles. The molecule has 26 fully saturated rings. The van der Waals surface area contributed by atoms with Crippen molar-refractivity contribution in [2.45, 2.75) is 587 Å². The first-order valence-corrected chi connectivity index (χ1v) is 61.8. The van der Waals surface area contributed by atoms with E-state index in [1.807, 2.05) is 0 Å². The Morgan fingerprint density at radius 1 is 0.230 bits per heavy atom. The van der Waals surface area contributed by atoms with E-state index in [-0.39, 0.29) is 0 Å². The van der Waals surface area contributed by atoms with E-state index < -0.39 is 0 Å². The second-order valence-corrected chi connectivity index (χ2v) is 65.1. The van der Waals surface area contributed by atoms with Crippen molar-refractivity contribution < 1.29 is 9.47 Å². The quantitative estimate of drug-likeness (QED) is 0.266. The van der Waals surface area contributed by atoms with Crippen molar-refractivity contribution in [1.82, 2.24) is 5.32 Å². The van der Waals surface area contributed by atoms with Gasteiger partial charge in [-0.2, -0.15) is 0 Å². The van der Waals surface area contributed by atoms with Gasteiger partial charge in [0, 0.05) is 13.2 Å². The third-order valence-corrected chi connectivity index (χ3v) is 45.5. The minimum absolute atomic E-state index is 0.486. The van der Waals surface area contributed by atoms with Crippen LogP contribution in [0.25, 0.3) is 0 Å². The molecule has 3 nitrogen and oxygen atoms in total. The van der Waals surface area contributed by atoms with Crippen LogP contribution in [0.15, 0.2) is 0 Å². The van der Waals surface area contributed by atoms with E-state index in [4.69, 9.17) is 9.47 Å². The molecule has 4 saturated heterocycles. The minimum atomic E-state index is 0.486. The molecule has 0 aromatic heterocycles. The summed E-state index contributed by atoms with van der Waals surface area (Å²) in [6.07, 6.45) is 83.8. The number of rotatable bonds is 1. The highest BCUT2D eigenvalue weighted by Crippen LogP contribution is 2.68. The Balaban J connectivity index is 0.000000134. The van der Waals surface area contributed by atoms with Crippen molar-refractivity contribution in [3.8, 4) is 0 Å². The van der Waals surface area contributed by atoms with Crippen molar-refractivity contribution in [3.05, 3.63) is 0 Å². The summed E-state index contributed by atoms with van der Waals surface area (Å²) in [5.74, 6) is 27.0. The molecule has 5 unspecified atom stereocenters. The van der Waals surface area contributed by atoms with Crippen molar-refractivity contribution in [1.29, 1.82) is 0 Å². The number of nitrogens with one attached hydrogen (secondary N) is 1. The Labute approximate surface area is 846 Å². The number of fused-ring (bicyclic) bond motifs is 10. The molecule has 26 aliphatic rings. The summed E-state index contributed by atoms with van der Waals surface area (Å²) in [4.78, 5) is 0. The van der Waals surface area contributed by atoms with Gasteiger partial charge >= 0.3 is 0 Å². The van der Waals surface area contributed by atoms with Crippen molar-refractivity contribution in [3.63, 3.8) is 0 Å². The molecule has 0 radical (unpaired) electrons. The van der Waals surface area contributed by atoms with Crippen LogP contribution in [0.4, 0.5) is 0 Å². The smallest absolute Gasteiger partial charge is 0.0584 e. The van der Waals surface area contributed by atoms with E-state index in [1.165, 1.54) is 289 Å². The fourth-order valence-electron chi connectivity index (χ4n) is 37.9. The van der Waals surface area contributed by atoms with Crippen molar-refractivity contribution in [2.75, 3.05) is 26.3 Å². The molecular weight excluding hydrogens is 1630 g/mol. The molecule has 0 aromatic rings. The van der Waals surface area contributed by atoms with Crippen molar-refractivity contribution >= 4 is 0 Å². The fraction of sp³-hybridized carbons (Fsp3) is 1.00. The molecule has 22 saturated carbocycles. The third-order valence-electron chi connectivity index (χ3n) is 45.5. The molecule has 20 bridgehead atoms. The molecule has 1 N–H and O–H groups in total. The van der Waals surface area contributed by atoms with Crippen LogP contribution in [0.3, 0.4) is 0 Å². The van der Waals surface area contributed by atoms with Crippen LogP contribution < -0.4 is 5.32 Å². The lowest BCUT2D eigenvalue weighted by Gasteiger charge is -2.62. The van der Waals surface area contributed by atoms with Gasteiger partial charge in [0.05, 0.1) is 12.2 Å². The van der Waals surface area contributed by atoms with Gasteiger partial charge in [-0.25, -0.2) is 0 Å². The summed E-state index contributed by atoms with van der Waals surface area (Å²) in [7, 11) is 0. The van der Waals surface area contributed by atoms with E-state index in [1.54, 1.807) is 77.0 Å². The van der Waals surface area contributed by atoms with Crippen LogP contribution in [0.1, 0.15) is 575 Å². The van der Waals surface area contributed by atoms with E-state index in [0.717, 1.165) is 183 Å². The van der Waals surface area contributed by atoms with Crippen LogP contribution in [-0.4, -0.2) is 38.5 Å². The van der Waals surface area contributed by atoms with E-state index in [2.05, 4.69) is 227 Å². The van der Waals surface area contributed by atoms with Gasteiger partial charge in [0.1, 0.15) is 0 Å². The normalized spacial score (nSPS) is 40.6. The Morgan fingerprint density at radius 3 is 0.830 bits per heavy atom. The Hall–Kier alpha value is -0.120. The van der Waals surface area contributed by atoms with Gasteiger partial charge in [-0.15, -0.1) is 0 Å². The SMILES string of the molecule is CC(C)(C)C12CC3CC(CC(C3)C1)C2.CC(C)(C)C12CCC(CC1)C2.CC(C)(C)C12CCC(CC1)CC2.CC(C)(C)C1C2CC3CC(C2)CC1C3.CC(C)(C)C1C2CCCC1CCC2.CC(C)(C)C1C2CCCC1COC2.CC(C)(C)C1CCC2CC2CC1.CC(C)(C)C1CCCCCC1.CC(C)(C)C1CCCCCCC1.CC(C)(C)C1CCCNC1.CC(C)C1C2CC3CC1CC(C2)O3. The average Bonchev–Trinajstić information content (AvgIpc) is 0.914. The number of hydrogen-bond acceptors (Lipinski definition) is 3. The lowest BCUT2D eigenvalue weighted by molar-refractivity contribution is -0.185. The zero-order chi connectivity index (χ0) is 98.5. The highest BCUT2D eigenvalue weighted by Gasteiger charge is 2.58. The van der Waals surface area contributed by atoms with Gasteiger partial charge in [-0.1, -0.05) is 324 Å². The van der Waals surface area contributed by atoms with Crippen LogP contribution in [0.2, 0.25) is 0 Å². The monoisotopic (exact) mass is 1870 g/mol. The van der Waals surface area contributed by atoms with E-state index >= 15 is 0 Å². The first kappa shape index (κ1) is 114. The first-order valence-electron chi connectivity index (χ1n) is 61.8. The Morgan fingerprint density at radius 2 is 0.541 bits per heavy atom. The molecule has 3 heteroatoms. The van der Waals surface area contributed by atoms with Gasteiger partial charge in [0.25, 0.3) is 0 Å². The van der Waals surface area contributed by atoms with Crippen LogP contribution in [0.5, 0.6) is 0 Å². The summed E-state index contributed by atoms with van der Waals surface area (Å²) in [5, 5.41) is 3.44.